The Kier molecular flexibility index (Phi) is 3.62. The van der Waals surface area contributed by atoms with E-state index < -0.39 is 0 Å². The molecule has 0 aliphatic carbocycles. The van der Waals surface area contributed by atoms with Gasteiger partial charge in [-0.3, -0.25) is 4.79 Å². The van der Waals surface area contributed by atoms with Gasteiger partial charge in [-0.2, -0.15) is 0 Å². The fraction of sp³-hybridized carbons (Fsp3) is 0.583. The normalized spacial score (nSPS) is 19.9. The number of carbonyl (C=O) groups is 1. The van der Waals surface area contributed by atoms with E-state index in [1.54, 1.807) is 19.2 Å². The van der Waals surface area contributed by atoms with Crippen LogP contribution in [0.3, 0.4) is 0 Å². The molecule has 0 amide bonds. The second kappa shape index (κ2) is 5.16. The number of hydrogen-bond acceptors (Lipinski definition) is 4. The van der Waals surface area contributed by atoms with Gasteiger partial charge >= 0.3 is 0 Å². The van der Waals surface area contributed by atoms with Crippen LogP contribution in [-0.4, -0.2) is 28.5 Å². The molecule has 4 heteroatoms. The zero-order chi connectivity index (χ0) is 11.4. The highest BCUT2D eigenvalue weighted by Gasteiger charge is 2.17. The van der Waals surface area contributed by atoms with E-state index in [1.165, 1.54) is 0 Å². The number of aromatic nitrogens is 2. The molecule has 16 heavy (non-hydrogen) atoms. The second-order valence-corrected chi connectivity index (χ2v) is 4.09. The summed E-state index contributed by atoms with van der Waals surface area (Å²) in [5.74, 6) is 0.726. The summed E-state index contributed by atoms with van der Waals surface area (Å²) >= 11 is 0. The fourth-order valence-corrected chi connectivity index (χ4v) is 1.90. The minimum absolute atomic E-state index is 0.0843. The standard InChI is InChI=1S/C12H16N2O2/c1-9-13-7-6-11(14-9)12(15)5-4-10-3-2-8-16-10/h6-7,10H,2-5,8H2,1H3. The molecule has 1 aliphatic rings. The number of aryl methyl sites for hydroxylation is 1. The van der Waals surface area contributed by atoms with Crippen LogP contribution in [0.5, 0.6) is 0 Å². The molecule has 0 radical (unpaired) electrons. The summed E-state index contributed by atoms with van der Waals surface area (Å²) in [6.45, 7) is 2.63. The van der Waals surface area contributed by atoms with Gasteiger partial charge < -0.3 is 4.74 Å². The molecular weight excluding hydrogens is 204 g/mol. The number of ketones is 1. The first kappa shape index (κ1) is 11.2. The molecule has 1 aromatic heterocycles. The maximum Gasteiger partial charge on any atom is 0.181 e. The first-order chi connectivity index (χ1) is 7.75. The van der Waals surface area contributed by atoms with Crippen molar-refractivity contribution >= 4 is 5.78 Å². The zero-order valence-corrected chi connectivity index (χ0v) is 9.48. The van der Waals surface area contributed by atoms with E-state index in [0.29, 0.717) is 17.9 Å². The summed E-state index contributed by atoms with van der Waals surface area (Å²) in [5.41, 5.74) is 0.519. The highest BCUT2D eigenvalue weighted by Crippen LogP contribution is 2.17. The smallest absolute Gasteiger partial charge is 0.181 e. The second-order valence-electron chi connectivity index (χ2n) is 4.09. The quantitative estimate of drug-likeness (QED) is 0.727. The van der Waals surface area contributed by atoms with Crippen LogP contribution < -0.4 is 0 Å². The topological polar surface area (TPSA) is 52.1 Å². The first-order valence-electron chi connectivity index (χ1n) is 5.70. The third-order valence-electron chi connectivity index (χ3n) is 2.78. The molecule has 1 unspecified atom stereocenters. The molecule has 1 aromatic rings. The Hall–Kier alpha value is -1.29. The van der Waals surface area contributed by atoms with Gasteiger partial charge in [-0.15, -0.1) is 0 Å². The van der Waals surface area contributed by atoms with Crippen LogP contribution in [0.15, 0.2) is 12.3 Å². The van der Waals surface area contributed by atoms with Crippen molar-refractivity contribution in [3.05, 3.63) is 23.8 Å². The van der Waals surface area contributed by atoms with E-state index >= 15 is 0 Å². The Labute approximate surface area is 95.1 Å². The Morgan fingerprint density at radius 2 is 2.50 bits per heavy atom. The van der Waals surface area contributed by atoms with Crippen molar-refractivity contribution in [3.8, 4) is 0 Å². The van der Waals surface area contributed by atoms with Crippen molar-refractivity contribution in [3.63, 3.8) is 0 Å². The van der Waals surface area contributed by atoms with Gasteiger partial charge in [0, 0.05) is 19.2 Å². The van der Waals surface area contributed by atoms with Gasteiger partial charge in [0.05, 0.1) is 6.10 Å². The number of rotatable bonds is 4. The van der Waals surface area contributed by atoms with E-state index in [0.717, 1.165) is 25.9 Å². The lowest BCUT2D eigenvalue weighted by molar-refractivity contribution is 0.0855. The monoisotopic (exact) mass is 220 g/mol. The first-order valence-corrected chi connectivity index (χ1v) is 5.70. The minimum atomic E-state index is 0.0843. The Morgan fingerprint density at radius 1 is 1.62 bits per heavy atom. The van der Waals surface area contributed by atoms with Crippen LogP contribution in [0.25, 0.3) is 0 Å². The molecule has 1 fully saturated rings. The van der Waals surface area contributed by atoms with Crippen LogP contribution in [-0.2, 0) is 4.74 Å². The van der Waals surface area contributed by atoms with E-state index in [9.17, 15) is 4.79 Å². The molecule has 1 aliphatic heterocycles. The van der Waals surface area contributed by atoms with E-state index in [4.69, 9.17) is 4.74 Å². The number of hydrogen-bond donors (Lipinski definition) is 0. The number of ether oxygens (including phenoxy) is 1. The molecule has 1 atom stereocenters. The molecule has 0 saturated carbocycles. The molecule has 0 spiro atoms. The van der Waals surface area contributed by atoms with Crippen LogP contribution >= 0.6 is 0 Å². The molecule has 2 heterocycles. The van der Waals surface area contributed by atoms with Gasteiger partial charge in [-0.05, 0) is 32.3 Å². The van der Waals surface area contributed by atoms with E-state index in [2.05, 4.69) is 9.97 Å². The van der Waals surface area contributed by atoms with Crippen molar-refractivity contribution in [1.29, 1.82) is 0 Å². The number of carbonyl (C=O) groups excluding carboxylic acids is 1. The predicted octanol–water partition coefficient (Wildman–Crippen LogP) is 1.93. The zero-order valence-electron chi connectivity index (χ0n) is 9.48. The lowest BCUT2D eigenvalue weighted by Crippen LogP contribution is -2.10. The molecule has 4 nitrogen and oxygen atoms in total. The average molecular weight is 220 g/mol. The molecule has 0 aromatic carbocycles. The number of Topliss-reactive ketones (excluding diaryl/α,β-unsaturated/α-hetero) is 1. The predicted molar refractivity (Wildman–Crippen MR) is 59.3 cm³/mol. The fourth-order valence-electron chi connectivity index (χ4n) is 1.90. The molecule has 2 rings (SSSR count). The van der Waals surface area contributed by atoms with Crippen molar-refractivity contribution in [1.82, 2.24) is 9.97 Å². The largest absolute Gasteiger partial charge is 0.378 e. The Morgan fingerprint density at radius 3 is 3.19 bits per heavy atom. The highest BCUT2D eigenvalue weighted by atomic mass is 16.5. The summed E-state index contributed by atoms with van der Waals surface area (Å²) in [6.07, 6.45) is 5.42. The minimum Gasteiger partial charge on any atom is -0.378 e. The molecule has 1 saturated heterocycles. The van der Waals surface area contributed by atoms with Gasteiger partial charge in [0.2, 0.25) is 0 Å². The molecule has 0 N–H and O–H groups in total. The van der Waals surface area contributed by atoms with E-state index in [1.807, 2.05) is 0 Å². The van der Waals surface area contributed by atoms with Crippen molar-refractivity contribution < 1.29 is 9.53 Å². The van der Waals surface area contributed by atoms with Gasteiger partial charge in [0.25, 0.3) is 0 Å². The summed E-state index contributed by atoms with van der Waals surface area (Å²) in [4.78, 5) is 19.9. The van der Waals surface area contributed by atoms with Crippen LogP contribution in [0.4, 0.5) is 0 Å². The third kappa shape index (κ3) is 2.85. The van der Waals surface area contributed by atoms with Crippen LogP contribution in [0.1, 0.15) is 42.0 Å². The summed E-state index contributed by atoms with van der Waals surface area (Å²) in [5, 5.41) is 0. The van der Waals surface area contributed by atoms with Crippen molar-refractivity contribution in [2.45, 2.75) is 38.7 Å². The Bertz CT molecular complexity index is 373. The lowest BCUT2D eigenvalue weighted by atomic mass is 10.1. The SMILES string of the molecule is Cc1nccc(C(=O)CCC2CCCO2)n1. The summed E-state index contributed by atoms with van der Waals surface area (Å²) < 4.78 is 5.48. The maximum atomic E-state index is 11.8. The van der Waals surface area contributed by atoms with Gasteiger partial charge in [0.15, 0.2) is 5.78 Å². The lowest BCUT2D eigenvalue weighted by Gasteiger charge is -2.07. The summed E-state index contributed by atoms with van der Waals surface area (Å²) in [6, 6.07) is 1.67. The average Bonchev–Trinajstić information content (AvgIpc) is 2.78. The molecule has 0 bridgehead atoms. The van der Waals surface area contributed by atoms with E-state index in [-0.39, 0.29) is 11.9 Å². The number of nitrogens with zero attached hydrogens (tertiary/aromatic N) is 2. The van der Waals surface area contributed by atoms with Gasteiger partial charge in [-0.1, -0.05) is 0 Å². The molecule has 86 valence electrons. The maximum absolute atomic E-state index is 11.8. The van der Waals surface area contributed by atoms with Crippen LogP contribution in [0.2, 0.25) is 0 Å². The van der Waals surface area contributed by atoms with Crippen molar-refractivity contribution in [2.24, 2.45) is 0 Å². The van der Waals surface area contributed by atoms with Crippen LogP contribution in [0, 0.1) is 6.92 Å². The summed E-state index contributed by atoms with van der Waals surface area (Å²) in [7, 11) is 0. The third-order valence-corrected chi connectivity index (χ3v) is 2.78. The van der Waals surface area contributed by atoms with Gasteiger partial charge in [-0.25, -0.2) is 9.97 Å². The van der Waals surface area contributed by atoms with Crippen molar-refractivity contribution in [2.75, 3.05) is 6.61 Å². The molecular formula is C12H16N2O2. The Balaban J connectivity index is 1.87. The highest BCUT2D eigenvalue weighted by molar-refractivity contribution is 5.94. The van der Waals surface area contributed by atoms with Gasteiger partial charge in [0.1, 0.15) is 11.5 Å².